The molecule has 1 saturated heterocycles. The number of pyridine rings is 2. The molecule has 9 nitrogen and oxygen atoms in total. The monoisotopic (exact) mass is 505 g/mol. The van der Waals surface area contributed by atoms with Crippen molar-refractivity contribution >= 4 is 27.6 Å². The fraction of sp³-hybridized carbons (Fsp3) is 0.321. The number of aromatic hydroxyl groups is 1. The summed E-state index contributed by atoms with van der Waals surface area (Å²) in [5, 5.41) is 11.9. The maximum atomic E-state index is 12.2. The zero-order valence-corrected chi connectivity index (χ0v) is 21.1. The van der Waals surface area contributed by atoms with Gasteiger partial charge in [-0.25, -0.2) is 4.79 Å². The number of ether oxygens (including phenoxy) is 2. The van der Waals surface area contributed by atoms with E-state index in [4.69, 9.17) is 14.6 Å². The lowest BCUT2D eigenvalue weighted by Gasteiger charge is -2.34. The van der Waals surface area contributed by atoms with Crippen molar-refractivity contribution in [2.45, 2.75) is 45.3 Å². The zero-order chi connectivity index (χ0) is 26.6. The number of nitrogens with zero attached hydrogens (tertiary/aromatic N) is 1. The topological polar surface area (TPSA) is 125 Å². The Labute approximate surface area is 213 Å². The van der Waals surface area contributed by atoms with E-state index in [0.29, 0.717) is 29.6 Å². The number of likely N-dealkylation sites (tertiary alicyclic amines) is 1. The number of phenolic OH excluding ortho intramolecular Hbond substituents is 1. The van der Waals surface area contributed by atoms with Gasteiger partial charge in [-0.3, -0.25) is 9.59 Å². The minimum atomic E-state index is -0.504. The summed E-state index contributed by atoms with van der Waals surface area (Å²) in [4.78, 5) is 42.1. The fourth-order valence-electron chi connectivity index (χ4n) is 4.14. The average molecular weight is 506 g/mol. The third-order valence-corrected chi connectivity index (χ3v) is 5.83. The minimum absolute atomic E-state index is 0.0827. The number of rotatable bonds is 2. The molecule has 1 aliphatic rings. The number of aromatic amines is 2. The van der Waals surface area contributed by atoms with Crippen molar-refractivity contribution in [1.82, 2.24) is 14.9 Å². The Bertz CT molecular complexity index is 1520. The largest absolute Gasteiger partial charge is 0.508 e. The maximum Gasteiger partial charge on any atom is 0.410 e. The molecule has 0 aliphatic carbocycles. The van der Waals surface area contributed by atoms with Crippen molar-refractivity contribution in [2.75, 3.05) is 13.1 Å². The summed E-state index contributed by atoms with van der Waals surface area (Å²) < 4.78 is 11.5. The Kier molecular flexibility index (Phi) is 7.52. The predicted molar refractivity (Wildman–Crippen MR) is 142 cm³/mol. The summed E-state index contributed by atoms with van der Waals surface area (Å²) in [7, 11) is 0. The van der Waals surface area contributed by atoms with Crippen LogP contribution < -0.4 is 15.9 Å². The SMILES string of the molecule is CC(C)(C)OC(=O)N1CCC[C@H](Oc2ccc3c(=O)[nH]ccc3c2)C1.O=c1[nH]ccc2cc(O)ccc12. The third kappa shape index (κ3) is 6.69. The first kappa shape index (κ1) is 25.8. The molecular weight excluding hydrogens is 474 g/mol. The number of nitrogens with one attached hydrogen (secondary N) is 2. The zero-order valence-electron chi connectivity index (χ0n) is 21.1. The van der Waals surface area contributed by atoms with E-state index in [2.05, 4.69) is 9.97 Å². The van der Waals surface area contributed by atoms with Crippen molar-refractivity contribution in [3.8, 4) is 11.5 Å². The number of fused-ring (bicyclic) bond motifs is 2. The number of benzene rings is 2. The van der Waals surface area contributed by atoms with Crippen LogP contribution in [0.4, 0.5) is 4.79 Å². The molecular formula is C28H31N3O6. The van der Waals surface area contributed by atoms with E-state index in [-0.39, 0.29) is 29.1 Å². The predicted octanol–water partition coefficient (Wildman–Crippen LogP) is 4.54. The second-order valence-electron chi connectivity index (χ2n) is 9.94. The fourth-order valence-corrected chi connectivity index (χ4v) is 4.14. The van der Waals surface area contributed by atoms with Crippen molar-refractivity contribution in [2.24, 2.45) is 0 Å². The van der Waals surface area contributed by atoms with Crippen molar-refractivity contribution in [3.63, 3.8) is 0 Å². The Hall–Kier alpha value is -4.27. The van der Waals surface area contributed by atoms with E-state index >= 15 is 0 Å². The smallest absolute Gasteiger partial charge is 0.410 e. The highest BCUT2D eigenvalue weighted by molar-refractivity contribution is 5.83. The summed E-state index contributed by atoms with van der Waals surface area (Å²) in [6.07, 6.45) is 4.55. The second kappa shape index (κ2) is 10.8. The summed E-state index contributed by atoms with van der Waals surface area (Å²) >= 11 is 0. The van der Waals surface area contributed by atoms with Crippen molar-refractivity contribution in [3.05, 3.63) is 81.6 Å². The van der Waals surface area contributed by atoms with Gasteiger partial charge in [0.15, 0.2) is 0 Å². The van der Waals surface area contributed by atoms with Crippen LogP contribution in [-0.4, -0.2) is 50.9 Å². The highest BCUT2D eigenvalue weighted by Gasteiger charge is 2.28. The van der Waals surface area contributed by atoms with Crippen LogP contribution in [0.15, 0.2) is 70.5 Å². The highest BCUT2D eigenvalue weighted by Crippen LogP contribution is 2.23. The van der Waals surface area contributed by atoms with Gasteiger partial charge < -0.3 is 29.4 Å². The van der Waals surface area contributed by atoms with Gasteiger partial charge in [-0.2, -0.15) is 0 Å². The molecule has 1 atom stereocenters. The first-order chi connectivity index (χ1) is 17.6. The quantitative estimate of drug-likeness (QED) is 0.367. The molecule has 1 fully saturated rings. The van der Waals surface area contributed by atoms with Gasteiger partial charge in [0.05, 0.1) is 6.54 Å². The molecule has 1 amide bonds. The van der Waals surface area contributed by atoms with Gasteiger partial charge in [-0.15, -0.1) is 0 Å². The summed E-state index contributed by atoms with van der Waals surface area (Å²) in [5.74, 6) is 0.877. The number of carbonyl (C=O) groups is 1. The van der Waals surface area contributed by atoms with Gasteiger partial charge in [-0.1, -0.05) is 0 Å². The number of hydrogen-bond donors (Lipinski definition) is 3. The van der Waals surface area contributed by atoms with Gasteiger partial charge in [0, 0.05) is 29.7 Å². The molecule has 0 spiro atoms. The van der Waals surface area contributed by atoms with E-state index in [0.717, 1.165) is 23.6 Å². The van der Waals surface area contributed by atoms with Crippen LogP contribution in [0.3, 0.4) is 0 Å². The summed E-state index contributed by atoms with van der Waals surface area (Å²) in [5.41, 5.74) is -0.749. The lowest BCUT2D eigenvalue weighted by atomic mass is 10.1. The van der Waals surface area contributed by atoms with Gasteiger partial charge in [0.25, 0.3) is 11.1 Å². The normalized spacial score (nSPS) is 15.6. The number of phenols is 1. The lowest BCUT2D eigenvalue weighted by Crippen LogP contribution is -2.46. The number of hydrogen-bond acceptors (Lipinski definition) is 6. The molecule has 37 heavy (non-hydrogen) atoms. The molecule has 0 saturated carbocycles. The Morgan fingerprint density at radius 2 is 1.57 bits per heavy atom. The maximum absolute atomic E-state index is 12.2. The van der Waals surface area contributed by atoms with Gasteiger partial charge in [-0.05, 0) is 92.9 Å². The first-order valence-electron chi connectivity index (χ1n) is 12.2. The van der Waals surface area contributed by atoms with Crippen molar-refractivity contribution in [1.29, 1.82) is 0 Å². The van der Waals surface area contributed by atoms with E-state index < -0.39 is 5.60 Å². The number of H-pyrrole nitrogens is 2. The van der Waals surface area contributed by atoms with E-state index in [1.165, 1.54) is 6.07 Å². The average Bonchev–Trinajstić information content (AvgIpc) is 2.84. The van der Waals surface area contributed by atoms with E-state index in [9.17, 15) is 14.4 Å². The molecule has 194 valence electrons. The highest BCUT2D eigenvalue weighted by atomic mass is 16.6. The standard InChI is InChI=1S/C19H24N2O4.C9H7NO2/c1-19(2,3)25-18(23)21-10-4-5-15(12-21)24-14-6-7-16-13(11-14)8-9-20-17(16)22;11-7-1-2-8-6(5-7)3-4-10-9(8)12/h6-9,11,15H,4-5,10,12H2,1-3H3,(H,20,22);1-5,11H,(H,10,12)/t15-;/m0./s1. The van der Waals surface area contributed by atoms with E-state index in [1.54, 1.807) is 47.6 Å². The third-order valence-electron chi connectivity index (χ3n) is 5.83. The van der Waals surface area contributed by atoms with Crippen molar-refractivity contribution < 1.29 is 19.4 Å². The summed E-state index contributed by atoms with van der Waals surface area (Å²) in [6.45, 7) is 6.77. The van der Waals surface area contributed by atoms with Gasteiger partial charge in [0.2, 0.25) is 0 Å². The molecule has 3 heterocycles. The number of piperidine rings is 1. The lowest BCUT2D eigenvalue weighted by molar-refractivity contribution is 0.00777. The Balaban J connectivity index is 0.000000222. The van der Waals surface area contributed by atoms with Crippen LogP contribution in [0.2, 0.25) is 0 Å². The molecule has 0 radical (unpaired) electrons. The molecule has 2 aromatic carbocycles. The van der Waals surface area contributed by atoms with Crippen LogP contribution in [-0.2, 0) is 4.74 Å². The molecule has 1 aliphatic heterocycles. The second-order valence-corrected chi connectivity index (χ2v) is 9.94. The molecule has 0 bridgehead atoms. The van der Waals surface area contributed by atoms with Crippen LogP contribution in [0.1, 0.15) is 33.6 Å². The van der Waals surface area contributed by atoms with E-state index in [1.807, 2.05) is 32.9 Å². The molecule has 3 N–H and O–H groups in total. The Morgan fingerprint density at radius 3 is 2.22 bits per heavy atom. The minimum Gasteiger partial charge on any atom is -0.508 e. The molecule has 5 rings (SSSR count). The van der Waals surface area contributed by atoms with Crippen LogP contribution in [0.5, 0.6) is 11.5 Å². The van der Waals surface area contributed by atoms with Gasteiger partial charge >= 0.3 is 6.09 Å². The molecule has 4 aromatic rings. The molecule has 9 heteroatoms. The van der Waals surface area contributed by atoms with Crippen LogP contribution in [0, 0.1) is 0 Å². The molecule has 2 aromatic heterocycles. The number of carbonyl (C=O) groups excluding carboxylic acids is 1. The number of aromatic nitrogens is 2. The summed E-state index contributed by atoms with van der Waals surface area (Å²) in [6, 6.07) is 13.7. The van der Waals surface area contributed by atoms with Crippen LogP contribution >= 0.6 is 0 Å². The first-order valence-corrected chi connectivity index (χ1v) is 12.2. The number of amides is 1. The van der Waals surface area contributed by atoms with Crippen LogP contribution in [0.25, 0.3) is 21.5 Å². The molecule has 0 unspecified atom stereocenters. The van der Waals surface area contributed by atoms with Gasteiger partial charge in [0.1, 0.15) is 23.2 Å². The Morgan fingerprint density at radius 1 is 0.946 bits per heavy atom.